The quantitative estimate of drug-likeness (QED) is 0.749. The van der Waals surface area contributed by atoms with Gasteiger partial charge in [-0.25, -0.2) is 4.68 Å². The normalized spacial score (nSPS) is 10.5. The summed E-state index contributed by atoms with van der Waals surface area (Å²) in [5.74, 6) is -0.914. The van der Waals surface area contributed by atoms with Gasteiger partial charge in [0.25, 0.3) is 11.5 Å². The van der Waals surface area contributed by atoms with Gasteiger partial charge < -0.3 is 15.0 Å². The van der Waals surface area contributed by atoms with Crippen molar-refractivity contribution in [1.82, 2.24) is 14.7 Å². The Labute approximate surface area is 165 Å². The molecule has 0 saturated heterocycles. The van der Waals surface area contributed by atoms with Gasteiger partial charge in [0, 0.05) is 25.9 Å². The molecule has 1 heterocycles. The van der Waals surface area contributed by atoms with E-state index in [-0.39, 0.29) is 30.9 Å². The molecule has 1 aromatic carbocycles. The van der Waals surface area contributed by atoms with E-state index in [1.807, 2.05) is 0 Å². The first kappa shape index (κ1) is 20.9. The molecule has 1 aromatic heterocycles. The number of likely N-dealkylation sites (N-methyl/N-ethyl adjacent to an activating group) is 1. The van der Waals surface area contributed by atoms with Crippen molar-refractivity contribution in [2.75, 3.05) is 32.6 Å². The third-order valence-corrected chi connectivity index (χ3v) is 4.26. The average molecular weight is 413 g/mol. The summed E-state index contributed by atoms with van der Waals surface area (Å²) in [5.41, 5.74) is 0.167. The molecule has 8 nitrogen and oxygen atoms in total. The predicted octanol–water partition coefficient (Wildman–Crippen LogP) is 1.91. The fraction of sp³-hybridized carbons (Fsp3) is 0.294. The van der Waals surface area contributed by atoms with Crippen LogP contribution in [-0.4, -0.2) is 53.8 Å². The lowest BCUT2D eigenvalue weighted by atomic mass is 10.3. The van der Waals surface area contributed by atoms with Gasteiger partial charge in [-0.15, -0.1) is 0 Å². The lowest BCUT2D eigenvalue weighted by Crippen LogP contribution is -2.36. The van der Waals surface area contributed by atoms with Crippen molar-refractivity contribution in [1.29, 1.82) is 0 Å². The molecule has 27 heavy (non-hydrogen) atoms. The summed E-state index contributed by atoms with van der Waals surface area (Å²) in [7, 11) is 2.96. The van der Waals surface area contributed by atoms with E-state index in [2.05, 4.69) is 10.4 Å². The number of nitrogens with one attached hydrogen (secondary N) is 1. The molecule has 0 aliphatic carbocycles. The molecule has 0 aliphatic heterocycles. The molecule has 2 aromatic rings. The lowest BCUT2D eigenvalue weighted by molar-refractivity contribution is -0.116. The number of hydrogen-bond donors (Lipinski definition) is 1. The molecular weight excluding hydrogens is 395 g/mol. The average Bonchev–Trinajstić information content (AvgIpc) is 2.63. The number of amides is 2. The Morgan fingerprint density at radius 3 is 2.63 bits per heavy atom. The Bertz CT molecular complexity index is 901. The summed E-state index contributed by atoms with van der Waals surface area (Å²) < 4.78 is 6.05. The van der Waals surface area contributed by atoms with E-state index in [0.717, 1.165) is 4.68 Å². The Kier molecular flexibility index (Phi) is 7.35. The van der Waals surface area contributed by atoms with Crippen molar-refractivity contribution in [2.45, 2.75) is 6.54 Å². The standard InChI is InChI=1S/C17H18Cl2N4O4/c1-22(10-15(24)20-11-3-4-12(18)13(19)9-11)17(26)14-5-6-16(25)23(21-14)7-8-27-2/h3-6,9H,7-8,10H2,1-2H3,(H,20,24). The van der Waals surface area contributed by atoms with Crippen LogP contribution in [0.15, 0.2) is 35.1 Å². The van der Waals surface area contributed by atoms with E-state index in [1.165, 1.54) is 37.3 Å². The SMILES string of the molecule is COCCn1nc(C(=O)N(C)CC(=O)Nc2ccc(Cl)c(Cl)c2)ccc1=O. The van der Waals surface area contributed by atoms with Gasteiger partial charge in [0.15, 0.2) is 0 Å². The predicted molar refractivity (Wildman–Crippen MR) is 102 cm³/mol. The molecule has 2 amide bonds. The van der Waals surface area contributed by atoms with Gasteiger partial charge in [-0.05, 0) is 24.3 Å². The van der Waals surface area contributed by atoms with Crippen molar-refractivity contribution in [2.24, 2.45) is 0 Å². The lowest BCUT2D eigenvalue weighted by Gasteiger charge is -2.17. The minimum Gasteiger partial charge on any atom is -0.383 e. The van der Waals surface area contributed by atoms with Gasteiger partial charge in [-0.1, -0.05) is 23.2 Å². The van der Waals surface area contributed by atoms with Crippen molar-refractivity contribution < 1.29 is 14.3 Å². The molecule has 0 fully saturated rings. The maximum atomic E-state index is 12.5. The topological polar surface area (TPSA) is 93.5 Å². The molecule has 0 unspecified atom stereocenters. The fourth-order valence-corrected chi connectivity index (χ4v) is 2.46. The highest BCUT2D eigenvalue weighted by Gasteiger charge is 2.17. The Hall–Kier alpha value is -2.42. The highest BCUT2D eigenvalue weighted by molar-refractivity contribution is 6.42. The zero-order valence-corrected chi connectivity index (χ0v) is 16.3. The van der Waals surface area contributed by atoms with Crippen LogP contribution in [0.2, 0.25) is 10.0 Å². The maximum Gasteiger partial charge on any atom is 0.274 e. The molecule has 0 aliphatic rings. The highest BCUT2D eigenvalue weighted by atomic mass is 35.5. The summed E-state index contributed by atoms with van der Waals surface area (Å²) in [6, 6.07) is 7.24. The van der Waals surface area contributed by atoms with E-state index in [9.17, 15) is 14.4 Å². The van der Waals surface area contributed by atoms with Crippen LogP contribution in [0.25, 0.3) is 0 Å². The Balaban J connectivity index is 2.03. The highest BCUT2D eigenvalue weighted by Crippen LogP contribution is 2.24. The number of methoxy groups -OCH3 is 1. The molecule has 0 bridgehead atoms. The third kappa shape index (κ3) is 5.78. The molecule has 0 atom stereocenters. The van der Waals surface area contributed by atoms with Crippen molar-refractivity contribution in [3.05, 3.63) is 56.4 Å². The van der Waals surface area contributed by atoms with E-state index < -0.39 is 11.8 Å². The second kappa shape index (κ2) is 9.50. The van der Waals surface area contributed by atoms with Crippen LogP contribution < -0.4 is 10.9 Å². The number of benzene rings is 1. The summed E-state index contributed by atoms with van der Waals surface area (Å²) in [5, 5.41) is 7.32. The zero-order chi connectivity index (χ0) is 20.0. The number of carbonyl (C=O) groups is 2. The van der Waals surface area contributed by atoms with Crippen LogP contribution in [0.1, 0.15) is 10.5 Å². The van der Waals surface area contributed by atoms with Crippen LogP contribution >= 0.6 is 23.2 Å². The first-order valence-corrected chi connectivity index (χ1v) is 8.65. The van der Waals surface area contributed by atoms with Crippen molar-refractivity contribution >= 4 is 40.7 Å². The van der Waals surface area contributed by atoms with Crippen molar-refractivity contribution in [3.63, 3.8) is 0 Å². The maximum absolute atomic E-state index is 12.5. The Morgan fingerprint density at radius 2 is 1.96 bits per heavy atom. The van der Waals surface area contributed by atoms with E-state index in [0.29, 0.717) is 15.7 Å². The van der Waals surface area contributed by atoms with E-state index in [4.69, 9.17) is 27.9 Å². The number of ether oxygens (including phenoxy) is 1. The number of carbonyl (C=O) groups excluding carboxylic acids is 2. The Morgan fingerprint density at radius 1 is 1.22 bits per heavy atom. The largest absolute Gasteiger partial charge is 0.383 e. The van der Waals surface area contributed by atoms with Crippen molar-refractivity contribution in [3.8, 4) is 0 Å². The number of hydrogen-bond acceptors (Lipinski definition) is 5. The van der Waals surface area contributed by atoms with Crippen LogP contribution in [-0.2, 0) is 16.1 Å². The van der Waals surface area contributed by atoms with Gasteiger partial charge in [-0.2, -0.15) is 5.10 Å². The molecule has 144 valence electrons. The number of nitrogens with zero attached hydrogens (tertiary/aromatic N) is 3. The number of anilines is 1. The third-order valence-electron chi connectivity index (χ3n) is 3.52. The fourth-order valence-electron chi connectivity index (χ4n) is 2.16. The minimum atomic E-state index is -0.495. The van der Waals surface area contributed by atoms with Crippen LogP contribution in [0, 0.1) is 0 Å². The number of rotatable bonds is 7. The smallest absolute Gasteiger partial charge is 0.274 e. The molecule has 1 N–H and O–H groups in total. The first-order chi connectivity index (χ1) is 12.8. The zero-order valence-electron chi connectivity index (χ0n) is 14.7. The second-order valence-corrected chi connectivity index (χ2v) is 6.43. The monoisotopic (exact) mass is 412 g/mol. The van der Waals surface area contributed by atoms with Gasteiger partial charge in [0.1, 0.15) is 5.69 Å². The van der Waals surface area contributed by atoms with Gasteiger partial charge in [0.2, 0.25) is 5.91 Å². The summed E-state index contributed by atoms with van der Waals surface area (Å²) in [6.45, 7) is 0.294. The molecule has 0 saturated carbocycles. The molecule has 0 spiro atoms. The van der Waals surface area contributed by atoms with Crippen LogP contribution in [0.5, 0.6) is 0 Å². The van der Waals surface area contributed by atoms with Crippen LogP contribution in [0.3, 0.4) is 0 Å². The summed E-state index contributed by atoms with van der Waals surface area (Å²) in [4.78, 5) is 37.5. The molecular formula is C17H18Cl2N4O4. The second-order valence-electron chi connectivity index (χ2n) is 5.61. The first-order valence-electron chi connectivity index (χ1n) is 7.89. The van der Waals surface area contributed by atoms with E-state index in [1.54, 1.807) is 12.1 Å². The molecule has 2 rings (SSSR count). The van der Waals surface area contributed by atoms with E-state index >= 15 is 0 Å². The van der Waals surface area contributed by atoms with Crippen LogP contribution in [0.4, 0.5) is 5.69 Å². The summed E-state index contributed by atoms with van der Waals surface area (Å²) in [6.07, 6.45) is 0. The minimum absolute atomic E-state index is 0.0514. The molecule has 10 heteroatoms. The molecule has 0 radical (unpaired) electrons. The summed E-state index contributed by atoms with van der Waals surface area (Å²) >= 11 is 11.7. The number of aromatic nitrogens is 2. The van der Waals surface area contributed by atoms with Gasteiger partial charge in [0.05, 0.1) is 29.7 Å². The van der Waals surface area contributed by atoms with Gasteiger partial charge >= 0.3 is 0 Å². The van der Waals surface area contributed by atoms with Gasteiger partial charge in [-0.3, -0.25) is 14.4 Å². The number of halogens is 2.